The number of nitro groups is 1. The first-order valence-corrected chi connectivity index (χ1v) is 5.90. The molecule has 6 heteroatoms. The lowest BCUT2D eigenvalue weighted by molar-refractivity contribution is -0.385. The Labute approximate surface area is 110 Å². The van der Waals surface area contributed by atoms with Crippen molar-refractivity contribution in [3.63, 3.8) is 0 Å². The van der Waals surface area contributed by atoms with Crippen LogP contribution in [0.25, 0.3) is 0 Å². The molecule has 0 bridgehead atoms. The normalized spacial score (nSPS) is 11.7. The van der Waals surface area contributed by atoms with Crippen LogP contribution in [0.4, 0.5) is 5.69 Å². The molecule has 0 saturated carbocycles. The maximum Gasteiger partial charge on any atom is 0.374 e. The van der Waals surface area contributed by atoms with Gasteiger partial charge in [0.25, 0.3) is 5.69 Å². The van der Waals surface area contributed by atoms with Gasteiger partial charge in [-0.25, -0.2) is 4.79 Å². The van der Waals surface area contributed by atoms with E-state index in [0.29, 0.717) is 5.56 Å². The second kappa shape index (κ2) is 6.63. The van der Waals surface area contributed by atoms with Gasteiger partial charge >= 0.3 is 5.97 Å². The van der Waals surface area contributed by atoms with E-state index >= 15 is 0 Å². The monoisotopic (exact) mass is 265 g/mol. The minimum atomic E-state index is -0.895. The van der Waals surface area contributed by atoms with E-state index in [-0.39, 0.29) is 18.7 Å². The summed E-state index contributed by atoms with van der Waals surface area (Å²) < 4.78 is 4.60. The first-order chi connectivity index (χ1) is 8.97. The Bertz CT molecular complexity index is 498. The first kappa shape index (κ1) is 14.8. The van der Waals surface area contributed by atoms with Crippen LogP contribution >= 0.6 is 0 Å². The zero-order valence-corrected chi connectivity index (χ0v) is 10.8. The van der Waals surface area contributed by atoms with E-state index in [0.717, 1.165) is 0 Å². The molecule has 0 spiro atoms. The summed E-state index contributed by atoms with van der Waals surface area (Å²) in [6.45, 7) is 3.40. The number of ether oxygens (including phenoxy) is 1. The first-order valence-electron chi connectivity index (χ1n) is 5.90. The third-order valence-corrected chi connectivity index (χ3v) is 2.66. The number of hydrogen-bond acceptors (Lipinski definition) is 5. The zero-order chi connectivity index (χ0) is 14.4. The molecule has 0 amide bonds. The van der Waals surface area contributed by atoms with Crippen molar-refractivity contribution in [2.24, 2.45) is 0 Å². The van der Waals surface area contributed by atoms with Gasteiger partial charge in [0, 0.05) is 18.1 Å². The van der Waals surface area contributed by atoms with Gasteiger partial charge in [-0.3, -0.25) is 14.9 Å². The van der Waals surface area contributed by atoms with Crippen LogP contribution in [0.2, 0.25) is 0 Å². The lowest BCUT2D eigenvalue weighted by Gasteiger charge is -2.10. The zero-order valence-electron chi connectivity index (χ0n) is 10.8. The number of nitro benzene ring substituents is 1. The van der Waals surface area contributed by atoms with Crippen LogP contribution in [0.5, 0.6) is 0 Å². The molecule has 0 radical (unpaired) electrons. The standard InChI is InChI=1S/C13H15NO5/c1-3-19-13(16)12(15)8-9(2)10-6-4-5-7-11(10)14(17)18/h4-7,9H,3,8H2,1-2H3/t9-/m1/s1. The molecule has 0 saturated heterocycles. The Morgan fingerprint density at radius 1 is 1.37 bits per heavy atom. The van der Waals surface area contributed by atoms with E-state index in [1.807, 2.05) is 0 Å². The Morgan fingerprint density at radius 2 is 2.00 bits per heavy atom. The van der Waals surface area contributed by atoms with E-state index in [1.54, 1.807) is 32.0 Å². The number of rotatable bonds is 6. The molecule has 0 aliphatic carbocycles. The maximum absolute atomic E-state index is 11.6. The Balaban J connectivity index is 2.84. The van der Waals surface area contributed by atoms with Gasteiger partial charge in [-0.1, -0.05) is 25.1 Å². The molecule has 0 N–H and O–H groups in total. The highest BCUT2D eigenvalue weighted by Gasteiger charge is 2.23. The Hall–Kier alpha value is -2.24. The molecular weight excluding hydrogens is 250 g/mol. The van der Waals surface area contributed by atoms with Crippen LogP contribution in [0.3, 0.4) is 0 Å². The Kier molecular flexibility index (Phi) is 5.17. The molecule has 1 aromatic carbocycles. The SMILES string of the molecule is CCOC(=O)C(=O)C[C@@H](C)c1ccccc1[N+](=O)[O-]. The third kappa shape index (κ3) is 3.87. The highest BCUT2D eigenvalue weighted by atomic mass is 16.6. The van der Waals surface area contributed by atoms with E-state index in [9.17, 15) is 19.7 Å². The minimum Gasteiger partial charge on any atom is -0.460 e. The fourth-order valence-electron chi connectivity index (χ4n) is 1.75. The van der Waals surface area contributed by atoms with E-state index in [4.69, 9.17) is 0 Å². The van der Waals surface area contributed by atoms with Gasteiger partial charge in [0.05, 0.1) is 11.5 Å². The fourth-order valence-corrected chi connectivity index (χ4v) is 1.75. The molecule has 0 aliphatic heterocycles. The van der Waals surface area contributed by atoms with Gasteiger partial charge in [0.2, 0.25) is 5.78 Å². The molecule has 1 aromatic rings. The summed E-state index contributed by atoms with van der Waals surface area (Å²) in [5, 5.41) is 10.9. The molecule has 19 heavy (non-hydrogen) atoms. The summed E-state index contributed by atoms with van der Waals surface area (Å²) in [5.41, 5.74) is 0.386. The van der Waals surface area contributed by atoms with Crippen molar-refractivity contribution >= 4 is 17.4 Å². The number of esters is 1. The van der Waals surface area contributed by atoms with E-state index in [2.05, 4.69) is 4.74 Å². The number of benzene rings is 1. The summed E-state index contributed by atoms with van der Waals surface area (Å²) in [4.78, 5) is 33.2. The molecular formula is C13H15NO5. The average Bonchev–Trinajstić information content (AvgIpc) is 2.38. The highest BCUT2D eigenvalue weighted by Crippen LogP contribution is 2.28. The molecule has 6 nitrogen and oxygen atoms in total. The van der Waals surface area contributed by atoms with Crippen molar-refractivity contribution in [3.8, 4) is 0 Å². The number of ketones is 1. The Morgan fingerprint density at radius 3 is 2.58 bits per heavy atom. The van der Waals surface area contributed by atoms with Crippen molar-refractivity contribution in [1.82, 2.24) is 0 Å². The predicted molar refractivity (Wildman–Crippen MR) is 67.8 cm³/mol. The van der Waals surface area contributed by atoms with Crippen molar-refractivity contribution < 1.29 is 19.2 Å². The second-order valence-corrected chi connectivity index (χ2v) is 4.06. The van der Waals surface area contributed by atoms with Gasteiger partial charge in [-0.05, 0) is 12.8 Å². The van der Waals surface area contributed by atoms with E-state index < -0.39 is 22.6 Å². The average molecular weight is 265 g/mol. The van der Waals surface area contributed by atoms with Crippen molar-refractivity contribution in [3.05, 3.63) is 39.9 Å². The number of Topliss-reactive ketones (excluding diaryl/α,β-unsaturated/α-hetero) is 1. The van der Waals surface area contributed by atoms with Crippen molar-refractivity contribution in [2.45, 2.75) is 26.2 Å². The smallest absolute Gasteiger partial charge is 0.374 e. The van der Waals surface area contributed by atoms with E-state index in [1.165, 1.54) is 6.07 Å². The summed E-state index contributed by atoms with van der Waals surface area (Å²) in [7, 11) is 0. The van der Waals surface area contributed by atoms with Crippen LogP contribution < -0.4 is 0 Å². The summed E-state index contributed by atoms with van der Waals surface area (Å²) in [6.07, 6.45) is -0.107. The largest absolute Gasteiger partial charge is 0.460 e. The quantitative estimate of drug-likeness (QED) is 0.340. The van der Waals surface area contributed by atoms with Gasteiger partial charge < -0.3 is 4.74 Å². The lowest BCUT2D eigenvalue weighted by atomic mass is 9.94. The topological polar surface area (TPSA) is 86.5 Å². The van der Waals surface area contributed by atoms with Crippen molar-refractivity contribution in [1.29, 1.82) is 0 Å². The third-order valence-electron chi connectivity index (χ3n) is 2.66. The second-order valence-electron chi connectivity index (χ2n) is 4.06. The molecule has 0 aromatic heterocycles. The molecule has 102 valence electrons. The van der Waals surface area contributed by atoms with Crippen LogP contribution in [0.1, 0.15) is 31.7 Å². The van der Waals surface area contributed by atoms with Crippen LogP contribution in [0.15, 0.2) is 24.3 Å². The molecule has 0 fully saturated rings. The van der Waals surface area contributed by atoms with Crippen LogP contribution in [-0.2, 0) is 14.3 Å². The molecule has 0 heterocycles. The fraction of sp³-hybridized carbons (Fsp3) is 0.385. The summed E-state index contributed by atoms with van der Waals surface area (Å²) in [5.74, 6) is -1.99. The molecule has 1 atom stereocenters. The maximum atomic E-state index is 11.6. The van der Waals surface area contributed by atoms with Gasteiger partial charge in [0.15, 0.2) is 0 Å². The van der Waals surface area contributed by atoms with Gasteiger partial charge in [-0.2, -0.15) is 0 Å². The molecule has 0 unspecified atom stereocenters. The molecule has 1 rings (SSSR count). The minimum absolute atomic E-state index is 0.0494. The number of hydrogen-bond donors (Lipinski definition) is 0. The van der Waals surface area contributed by atoms with Gasteiger partial charge in [-0.15, -0.1) is 0 Å². The number of carbonyl (C=O) groups is 2. The molecule has 0 aliphatic rings. The highest BCUT2D eigenvalue weighted by molar-refractivity contribution is 6.33. The van der Waals surface area contributed by atoms with Crippen molar-refractivity contribution in [2.75, 3.05) is 6.61 Å². The summed E-state index contributed by atoms with van der Waals surface area (Å²) >= 11 is 0. The lowest BCUT2D eigenvalue weighted by Crippen LogP contribution is -2.19. The van der Waals surface area contributed by atoms with Crippen LogP contribution in [0, 0.1) is 10.1 Å². The van der Waals surface area contributed by atoms with Crippen LogP contribution in [-0.4, -0.2) is 23.3 Å². The number of carbonyl (C=O) groups excluding carboxylic acids is 2. The predicted octanol–water partition coefficient (Wildman–Crippen LogP) is 2.22. The summed E-state index contributed by atoms with van der Waals surface area (Å²) in [6, 6.07) is 6.18. The number of para-hydroxylation sites is 1. The van der Waals surface area contributed by atoms with Gasteiger partial charge in [0.1, 0.15) is 0 Å². The number of nitrogens with zero attached hydrogens (tertiary/aromatic N) is 1.